The van der Waals surface area contributed by atoms with Gasteiger partial charge in [0.2, 0.25) is 0 Å². The number of aromatic nitrogens is 2. The third-order valence-corrected chi connectivity index (χ3v) is 5.98. The molecule has 2 aromatic carbocycles. The van der Waals surface area contributed by atoms with E-state index in [0.717, 1.165) is 37.1 Å². The Balaban J connectivity index is 1.24. The molecule has 4 rings (SSSR count). The van der Waals surface area contributed by atoms with Gasteiger partial charge in [-0.1, -0.05) is 35.0 Å². The molecule has 1 aliphatic rings. The molecule has 8 nitrogen and oxygen atoms in total. The van der Waals surface area contributed by atoms with Crippen molar-refractivity contribution in [2.24, 2.45) is 0 Å². The summed E-state index contributed by atoms with van der Waals surface area (Å²) in [6.07, 6.45) is 4.57. The van der Waals surface area contributed by atoms with Gasteiger partial charge in [-0.25, -0.2) is 9.87 Å². The largest absolute Gasteiger partial charge is 0.484 e. The van der Waals surface area contributed by atoms with E-state index in [2.05, 4.69) is 15.0 Å². The smallest absolute Gasteiger partial charge is 0.267 e. The maximum absolute atomic E-state index is 13.2. The van der Waals surface area contributed by atoms with Gasteiger partial charge in [-0.2, -0.15) is 4.98 Å². The molecule has 178 valence electrons. The van der Waals surface area contributed by atoms with Crippen LogP contribution in [0.1, 0.15) is 41.6 Å². The molecule has 3 aromatic rings. The molecule has 1 aromatic heterocycles. The van der Waals surface area contributed by atoms with Crippen LogP contribution < -0.4 is 10.2 Å². The fourth-order valence-electron chi connectivity index (χ4n) is 3.76. The number of ether oxygens (including phenoxy) is 1. The van der Waals surface area contributed by atoms with Crippen LogP contribution in [0.25, 0.3) is 6.08 Å². The fraction of sp³-hybridized carbons (Fsp3) is 0.292. The van der Waals surface area contributed by atoms with Gasteiger partial charge >= 0.3 is 0 Å². The van der Waals surface area contributed by atoms with E-state index in [1.54, 1.807) is 36.4 Å². The molecule has 1 fully saturated rings. The molecular formula is C24H24ClFN4O4. The Morgan fingerprint density at radius 3 is 2.74 bits per heavy atom. The number of halogens is 2. The molecule has 0 atom stereocenters. The summed E-state index contributed by atoms with van der Waals surface area (Å²) in [5.74, 6) is 0.981. The van der Waals surface area contributed by atoms with Crippen molar-refractivity contribution < 1.29 is 23.7 Å². The van der Waals surface area contributed by atoms with E-state index in [0.29, 0.717) is 29.0 Å². The average molecular weight is 487 g/mol. The van der Waals surface area contributed by atoms with Crippen LogP contribution in [0.2, 0.25) is 5.02 Å². The molecule has 0 spiro atoms. The van der Waals surface area contributed by atoms with Crippen molar-refractivity contribution in [3.05, 3.63) is 82.2 Å². The van der Waals surface area contributed by atoms with Gasteiger partial charge in [0.1, 0.15) is 11.6 Å². The van der Waals surface area contributed by atoms with Crippen LogP contribution in [0.4, 0.5) is 4.39 Å². The minimum Gasteiger partial charge on any atom is -0.484 e. The summed E-state index contributed by atoms with van der Waals surface area (Å²) in [5, 5.41) is 13.1. The molecule has 1 amide bonds. The first-order valence-electron chi connectivity index (χ1n) is 10.8. The molecule has 10 heteroatoms. The molecule has 0 radical (unpaired) electrons. The SMILES string of the molecule is O=C(C=Cc1ccc(OCc2nc(C3CCN(Cc4ccc(F)cc4Cl)CC3)no2)cc1)NO. The number of hydrogen-bond donors (Lipinski definition) is 2. The van der Waals surface area contributed by atoms with Crippen molar-refractivity contribution in [2.75, 3.05) is 13.1 Å². The van der Waals surface area contributed by atoms with Crippen molar-refractivity contribution in [3.8, 4) is 5.75 Å². The van der Waals surface area contributed by atoms with Gasteiger partial charge < -0.3 is 9.26 Å². The molecule has 2 N–H and O–H groups in total. The Labute approximate surface area is 200 Å². The molecule has 1 saturated heterocycles. The zero-order valence-electron chi connectivity index (χ0n) is 18.3. The summed E-state index contributed by atoms with van der Waals surface area (Å²) >= 11 is 6.15. The summed E-state index contributed by atoms with van der Waals surface area (Å²) in [7, 11) is 0. The van der Waals surface area contributed by atoms with Gasteiger partial charge in [-0.05, 0) is 67.4 Å². The lowest BCUT2D eigenvalue weighted by atomic mass is 9.96. The Morgan fingerprint density at radius 2 is 2.03 bits per heavy atom. The molecule has 0 saturated carbocycles. The van der Waals surface area contributed by atoms with Crippen LogP contribution in [0, 0.1) is 5.82 Å². The quantitative estimate of drug-likeness (QED) is 0.277. The number of benzene rings is 2. The van der Waals surface area contributed by atoms with Crippen molar-refractivity contribution in [1.82, 2.24) is 20.5 Å². The number of nitrogens with zero attached hydrogens (tertiary/aromatic N) is 3. The van der Waals surface area contributed by atoms with Gasteiger partial charge in [0, 0.05) is 23.6 Å². The van der Waals surface area contributed by atoms with Crippen molar-refractivity contribution >= 4 is 23.6 Å². The molecule has 0 bridgehead atoms. The van der Waals surface area contributed by atoms with Crippen LogP contribution in [0.5, 0.6) is 5.75 Å². The standard InChI is InChI=1S/C24H24ClFN4O4/c25-21-13-19(26)5-4-18(21)14-30-11-9-17(10-12-30)24-27-23(34-29-24)15-33-20-6-1-16(2-7-20)3-8-22(31)28-32/h1-8,13,17,32H,9-12,14-15H2,(H,28,31). The Morgan fingerprint density at radius 1 is 1.26 bits per heavy atom. The Kier molecular flexibility index (Phi) is 7.89. The number of nitrogens with one attached hydrogen (secondary N) is 1. The van der Waals surface area contributed by atoms with Crippen molar-refractivity contribution in [2.45, 2.75) is 31.9 Å². The molecular weight excluding hydrogens is 463 g/mol. The number of rotatable bonds is 8. The Hall–Kier alpha value is -3.27. The summed E-state index contributed by atoms with van der Waals surface area (Å²) in [6, 6.07) is 11.6. The number of carbonyl (C=O) groups excluding carboxylic acids is 1. The van der Waals surface area contributed by atoms with Crippen LogP contribution in [-0.4, -0.2) is 39.2 Å². The topological polar surface area (TPSA) is 101 Å². The minimum atomic E-state index is -0.601. The van der Waals surface area contributed by atoms with Gasteiger partial charge in [0.25, 0.3) is 11.8 Å². The summed E-state index contributed by atoms with van der Waals surface area (Å²) in [6.45, 7) is 2.55. The average Bonchev–Trinajstić information content (AvgIpc) is 3.33. The van der Waals surface area contributed by atoms with E-state index in [4.69, 9.17) is 26.1 Å². The van der Waals surface area contributed by atoms with Crippen molar-refractivity contribution in [1.29, 1.82) is 0 Å². The van der Waals surface area contributed by atoms with E-state index < -0.39 is 5.91 Å². The first-order valence-corrected chi connectivity index (χ1v) is 11.2. The van der Waals surface area contributed by atoms with E-state index in [1.807, 2.05) is 0 Å². The van der Waals surface area contributed by atoms with Crippen LogP contribution in [0.15, 0.2) is 53.1 Å². The van der Waals surface area contributed by atoms with Gasteiger partial charge in [0.05, 0.1) is 0 Å². The molecule has 0 aliphatic carbocycles. The van der Waals surface area contributed by atoms with Crippen LogP contribution in [-0.2, 0) is 17.9 Å². The third kappa shape index (κ3) is 6.40. The van der Waals surface area contributed by atoms with Gasteiger partial charge in [0.15, 0.2) is 12.4 Å². The number of piperidine rings is 1. The lowest BCUT2D eigenvalue weighted by Gasteiger charge is -2.30. The highest BCUT2D eigenvalue weighted by atomic mass is 35.5. The summed E-state index contributed by atoms with van der Waals surface area (Å²) in [5.41, 5.74) is 3.23. The third-order valence-electron chi connectivity index (χ3n) is 5.63. The number of amides is 1. The van der Waals surface area contributed by atoms with Gasteiger partial charge in [-0.15, -0.1) is 0 Å². The van der Waals surface area contributed by atoms with Gasteiger partial charge in [-0.3, -0.25) is 14.9 Å². The highest BCUT2D eigenvalue weighted by Crippen LogP contribution is 2.28. The van der Waals surface area contributed by atoms with E-state index >= 15 is 0 Å². The second-order valence-corrected chi connectivity index (χ2v) is 8.41. The van der Waals surface area contributed by atoms with E-state index in [1.165, 1.54) is 23.7 Å². The summed E-state index contributed by atoms with van der Waals surface area (Å²) < 4.78 is 24.3. The molecule has 2 heterocycles. The maximum atomic E-state index is 13.2. The zero-order valence-corrected chi connectivity index (χ0v) is 19.0. The number of likely N-dealkylation sites (tertiary alicyclic amines) is 1. The van der Waals surface area contributed by atoms with E-state index in [-0.39, 0.29) is 18.3 Å². The lowest BCUT2D eigenvalue weighted by molar-refractivity contribution is -0.124. The molecule has 0 unspecified atom stereocenters. The number of hydrogen-bond acceptors (Lipinski definition) is 7. The highest BCUT2D eigenvalue weighted by Gasteiger charge is 2.25. The van der Waals surface area contributed by atoms with Crippen LogP contribution >= 0.6 is 11.6 Å². The second kappa shape index (κ2) is 11.2. The second-order valence-electron chi connectivity index (χ2n) is 8.00. The fourth-order valence-corrected chi connectivity index (χ4v) is 3.99. The number of carbonyl (C=O) groups is 1. The predicted molar refractivity (Wildman–Crippen MR) is 123 cm³/mol. The zero-order chi connectivity index (χ0) is 23.9. The maximum Gasteiger partial charge on any atom is 0.267 e. The first-order chi connectivity index (χ1) is 16.5. The monoisotopic (exact) mass is 486 g/mol. The van der Waals surface area contributed by atoms with Crippen LogP contribution in [0.3, 0.4) is 0 Å². The molecule has 1 aliphatic heterocycles. The summed E-state index contributed by atoms with van der Waals surface area (Å²) in [4.78, 5) is 17.8. The first kappa shape index (κ1) is 23.9. The minimum absolute atomic E-state index is 0.150. The Bertz CT molecular complexity index is 1140. The lowest BCUT2D eigenvalue weighted by Crippen LogP contribution is -2.32. The van der Waals surface area contributed by atoms with E-state index in [9.17, 15) is 9.18 Å². The normalized spacial score (nSPS) is 15.0. The van der Waals surface area contributed by atoms with Crippen molar-refractivity contribution in [3.63, 3.8) is 0 Å². The molecule has 34 heavy (non-hydrogen) atoms. The highest BCUT2D eigenvalue weighted by molar-refractivity contribution is 6.31. The predicted octanol–water partition coefficient (Wildman–Crippen LogP) is 4.34. The number of hydroxylamine groups is 1.